The Balaban J connectivity index is 1.04. The van der Waals surface area contributed by atoms with Gasteiger partial charge in [0.2, 0.25) is 0 Å². The minimum Gasteiger partial charge on any atom is -0.388 e. The highest BCUT2D eigenvalue weighted by atomic mass is 16.6. The van der Waals surface area contributed by atoms with E-state index >= 15 is 0 Å². The zero-order chi connectivity index (χ0) is 16.8. The van der Waals surface area contributed by atoms with Crippen molar-refractivity contribution >= 4 is 0 Å². The number of ether oxygens (including phenoxy) is 4. The molecule has 138 valence electrons. The molecule has 0 aromatic rings. The molecule has 4 rings (SSSR count). The van der Waals surface area contributed by atoms with Crippen LogP contribution in [0.4, 0.5) is 0 Å². The van der Waals surface area contributed by atoms with Gasteiger partial charge in [0.15, 0.2) is 0 Å². The van der Waals surface area contributed by atoms with Crippen LogP contribution < -0.4 is 0 Å². The normalized spacial score (nSPS) is 47.6. The number of rotatable bonds is 8. The van der Waals surface area contributed by atoms with Gasteiger partial charge in [0.05, 0.1) is 36.6 Å². The topological polar surface area (TPSA) is 63.8 Å². The van der Waals surface area contributed by atoms with Gasteiger partial charge < -0.3 is 24.1 Å². The van der Waals surface area contributed by atoms with Crippen molar-refractivity contribution in [2.24, 2.45) is 11.8 Å². The van der Waals surface area contributed by atoms with Gasteiger partial charge >= 0.3 is 0 Å². The molecular formula is C19H32O5. The Hall–Kier alpha value is -0.200. The molecule has 2 saturated heterocycles. The number of epoxide rings is 2. The molecular weight excluding hydrogens is 308 g/mol. The molecule has 2 saturated carbocycles. The lowest BCUT2D eigenvalue weighted by Gasteiger charge is -2.24. The molecule has 1 N–H and O–H groups in total. The molecule has 24 heavy (non-hydrogen) atoms. The summed E-state index contributed by atoms with van der Waals surface area (Å²) < 4.78 is 22.9. The molecule has 5 heteroatoms. The van der Waals surface area contributed by atoms with Crippen molar-refractivity contribution in [3.8, 4) is 0 Å². The smallest absolute Gasteiger partial charge is 0.101 e. The predicted molar refractivity (Wildman–Crippen MR) is 88.9 cm³/mol. The van der Waals surface area contributed by atoms with Gasteiger partial charge in [0.25, 0.3) is 0 Å². The summed E-state index contributed by atoms with van der Waals surface area (Å²) in [6, 6.07) is 0. The number of aliphatic hydroxyl groups excluding tert-OH is 1. The van der Waals surface area contributed by atoms with Gasteiger partial charge in [-0.05, 0) is 64.2 Å². The molecule has 0 bridgehead atoms. The molecule has 2 aliphatic carbocycles. The van der Waals surface area contributed by atoms with Gasteiger partial charge in [-0.3, -0.25) is 0 Å². The summed E-state index contributed by atoms with van der Waals surface area (Å²) in [6.07, 6.45) is 7.20. The first-order valence-electron chi connectivity index (χ1n) is 9.66. The Morgan fingerprint density at radius 1 is 0.917 bits per heavy atom. The lowest BCUT2D eigenvalue weighted by atomic mass is 9.83. The van der Waals surface area contributed by atoms with Crippen molar-refractivity contribution in [1.82, 2.24) is 0 Å². The third-order valence-corrected chi connectivity index (χ3v) is 6.59. The lowest BCUT2D eigenvalue weighted by Crippen LogP contribution is -2.29. The predicted octanol–water partition coefficient (Wildman–Crippen LogP) is 2.30. The Bertz CT molecular complexity index is 417. The summed E-state index contributed by atoms with van der Waals surface area (Å²) in [4.78, 5) is 0. The second-order valence-electron chi connectivity index (χ2n) is 8.85. The highest BCUT2D eigenvalue weighted by Crippen LogP contribution is 2.50. The van der Waals surface area contributed by atoms with Crippen LogP contribution >= 0.6 is 0 Å². The van der Waals surface area contributed by atoms with Gasteiger partial charge in [0.1, 0.15) is 6.10 Å². The van der Waals surface area contributed by atoms with Crippen molar-refractivity contribution in [3.63, 3.8) is 0 Å². The monoisotopic (exact) mass is 340 g/mol. The van der Waals surface area contributed by atoms with Crippen molar-refractivity contribution in [3.05, 3.63) is 0 Å². The fourth-order valence-corrected chi connectivity index (χ4v) is 4.53. The van der Waals surface area contributed by atoms with Crippen molar-refractivity contribution < 1.29 is 24.1 Å². The van der Waals surface area contributed by atoms with Crippen LogP contribution in [-0.4, -0.2) is 61.0 Å². The summed E-state index contributed by atoms with van der Waals surface area (Å²) in [7, 11) is 0. The summed E-state index contributed by atoms with van der Waals surface area (Å²) in [5.41, 5.74) is 0.345. The summed E-state index contributed by atoms with van der Waals surface area (Å²) >= 11 is 0. The minimum absolute atomic E-state index is 0.173. The van der Waals surface area contributed by atoms with E-state index in [9.17, 15) is 5.11 Å². The Kier molecular flexibility index (Phi) is 4.67. The highest BCUT2D eigenvalue weighted by Gasteiger charge is 2.55. The van der Waals surface area contributed by atoms with Crippen LogP contribution in [0.2, 0.25) is 0 Å². The zero-order valence-corrected chi connectivity index (χ0v) is 15.0. The van der Waals surface area contributed by atoms with Crippen LogP contribution in [0, 0.1) is 11.8 Å². The van der Waals surface area contributed by atoms with E-state index in [1.54, 1.807) is 0 Å². The standard InChI is InChI=1S/C19H32O5/c1-18-5-3-13(7-16(18)23-18)9-21-11-15(20)12-22-10-14-4-6-19(2)17(8-14)24-19/h13-17,20H,3-12H2,1-2H3. The Morgan fingerprint density at radius 3 is 1.79 bits per heavy atom. The summed E-state index contributed by atoms with van der Waals surface area (Å²) in [5, 5.41) is 10.0. The average Bonchev–Trinajstić information content (AvgIpc) is 3.40. The maximum Gasteiger partial charge on any atom is 0.101 e. The van der Waals surface area contributed by atoms with E-state index in [2.05, 4.69) is 13.8 Å². The number of hydrogen-bond donors (Lipinski definition) is 1. The molecule has 0 amide bonds. The second-order valence-corrected chi connectivity index (χ2v) is 8.85. The molecule has 2 aliphatic heterocycles. The van der Waals surface area contributed by atoms with E-state index in [-0.39, 0.29) is 11.2 Å². The Labute approximate surface area is 145 Å². The first kappa shape index (κ1) is 17.2. The van der Waals surface area contributed by atoms with Crippen LogP contribution in [0.3, 0.4) is 0 Å². The maximum absolute atomic E-state index is 10.0. The quantitative estimate of drug-likeness (QED) is 0.687. The SMILES string of the molecule is CC12CCC(COCC(O)COCC3CCC4(C)OC4C3)CC1O2. The largest absolute Gasteiger partial charge is 0.388 e. The van der Waals surface area contributed by atoms with Crippen LogP contribution in [0.1, 0.15) is 52.4 Å². The molecule has 0 aromatic carbocycles. The fraction of sp³-hybridized carbons (Fsp3) is 1.00. The van der Waals surface area contributed by atoms with Crippen molar-refractivity contribution in [1.29, 1.82) is 0 Å². The van der Waals surface area contributed by atoms with Gasteiger partial charge in [-0.1, -0.05) is 0 Å². The molecule has 5 nitrogen and oxygen atoms in total. The third-order valence-electron chi connectivity index (χ3n) is 6.59. The van der Waals surface area contributed by atoms with Crippen molar-refractivity contribution in [2.45, 2.75) is 81.9 Å². The average molecular weight is 340 g/mol. The number of fused-ring (bicyclic) bond motifs is 2. The molecule has 2 heterocycles. The van der Waals surface area contributed by atoms with Crippen LogP contribution in [-0.2, 0) is 18.9 Å². The fourth-order valence-electron chi connectivity index (χ4n) is 4.53. The first-order chi connectivity index (χ1) is 11.5. The highest BCUT2D eigenvalue weighted by molar-refractivity contribution is 5.04. The number of aliphatic hydroxyl groups is 1. The molecule has 4 fully saturated rings. The third kappa shape index (κ3) is 3.80. The summed E-state index contributed by atoms with van der Waals surface area (Å²) in [6.45, 7) is 6.61. The molecule has 4 aliphatic rings. The number of hydrogen-bond acceptors (Lipinski definition) is 5. The van der Waals surface area contributed by atoms with E-state index < -0.39 is 6.10 Å². The molecule has 6 atom stereocenters. The van der Waals surface area contributed by atoms with E-state index in [4.69, 9.17) is 18.9 Å². The van der Waals surface area contributed by atoms with Gasteiger partial charge in [-0.15, -0.1) is 0 Å². The maximum atomic E-state index is 10.0. The molecule has 0 spiro atoms. The van der Waals surface area contributed by atoms with Crippen LogP contribution in [0.15, 0.2) is 0 Å². The molecule has 0 radical (unpaired) electrons. The van der Waals surface area contributed by atoms with E-state index in [1.807, 2.05) is 0 Å². The molecule has 6 unspecified atom stereocenters. The van der Waals surface area contributed by atoms with Crippen LogP contribution in [0.5, 0.6) is 0 Å². The second kappa shape index (κ2) is 6.51. The van der Waals surface area contributed by atoms with Gasteiger partial charge in [-0.2, -0.15) is 0 Å². The van der Waals surface area contributed by atoms with Crippen molar-refractivity contribution in [2.75, 3.05) is 26.4 Å². The van der Waals surface area contributed by atoms with E-state index in [0.717, 1.165) is 38.9 Å². The first-order valence-corrected chi connectivity index (χ1v) is 9.66. The lowest BCUT2D eigenvalue weighted by molar-refractivity contribution is -0.0363. The van der Waals surface area contributed by atoms with Gasteiger partial charge in [-0.25, -0.2) is 0 Å². The van der Waals surface area contributed by atoms with E-state index in [0.29, 0.717) is 37.3 Å². The Morgan fingerprint density at radius 2 is 1.38 bits per heavy atom. The minimum atomic E-state index is -0.526. The van der Waals surface area contributed by atoms with E-state index in [1.165, 1.54) is 12.8 Å². The van der Waals surface area contributed by atoms with Gasteiger partial charge in [0, 0.05) is 13.2 Å². The molecule has 0 aromatic heterocycles. The zero-order valence-electron chi connectivity index (χ0n) is 15.0. The summed E-state index contributed by atoms with van der Waals surface area (Å²) in [5.74, 6) is 1.16. The van der Waals surface area contributed by atoms with Crippen LogP contribution in [0.25, 0.3) is 0 Å².